The van der Waals surface area contributed by atoms with Crippen LogP contribution < -0.4 is 5.73 Å². The van der Waals surface area contributed by atoms with Gasteiger partial charge >= 0.3 is 0 Å². The molecule has 136 valence electrons. The Hall–Kier alpha value is -2.58. The maximum Gasteiger partial charge on any atom is 0.276 e. The minimum Gasteiger partial charge on any atom is -0.368 e. The van der Waals surface area contributed by atoms with E-state index in [1.54, 1.807) is 18.2 Å². The third-order valence-corrected chi connectivity index (χ3v) is 4.43. The number of carbonyl (C=O) groups excluding carboxylic acids is 3. The number of primary amides is 1. The highest BCUT2D eigenvalue weighted by atomic mass is 35.5. The number of nitrogens with zero attached hydrogens (tertiary/aromatic N) is 3. The average molecular weight is 397 g/mol. The highest BCUT2D eigenvalue weighted by molar-refractivity contribution is 6.36. The molecular weight excluding hydrogens is 383 g/mol. The maximum absolute atomic E-state index is 12.5. The zero-order chi connectivity index (χ0) is 18.8. The number of aromatic nitrogens is 1. The maximum atomic E-state index is 12.5. The van der Waals surface area contributed by atoms with Gasteiger partial charge in [-0.1, -0.05) is 28.4 Å². The first-order valence-corrected chi connectivity index (χ1v) is 8.38. The van der Waals surface area contributed by atoms with Crippen LogP contribution in [0.25, 0.3) is 11.3 Å². The Morgan fingerprint density at radius 3 is 2.65 bits per heavy atom. The monoisotopic (exact) mass is 396 g/mol. The van der Waals surface area contributed by atoms with Crippen molar-refractivity contribution >= 4 is 40.9 Å². The summed E-state index contributed by atoms with van der Waals surface area (Å²) in [6.45, 7) is 0.170. The normalized spacial score (nSPS) is 14.6. The number of piperazine rings is 1. The molecule has 3 rings (SSSR count). The van der Waals surface area contributed by atoms with Crippen molar-refractivity contribution in [1.82, 2.24) is 15.0 Å². The van der Waals surface area contributed by atoms with Gasteiger partial charge in [0.2, 0.25) is 11.8 Å². The van der Waals surface area contributed by atoms with E-state index in [0.29, 0.717) is 21.4 Å². The van der Waals surface area contributed by atoms with Gasteiger partial charge in [0.15, 0.2) is 11.5 Å². The predicted octanol–water partition coefficient (Wildman–Crippen LogP) is 1.42. The van der Waals surface area contributed by atoms with Gasteiger partial charge in [0.05, 0.1) is 11.6 Å². The van der Waals surface area contributed by atoms with Crippen LogP contribution in [0.3, 0.4) is 0 Å². The minimum atomic E-state index is -0.598. The molecule has 0 unspecified atom stereocenters. The van der Waals surface area contributed by atoms with E-state index >= 15 is 0 Å². The van der Waals surface area contributed by atoms with Crippen LogP contribution >= 0.6 is 23.2 Å². The van der Waals surface area contributed by atoms with E-state index in [9.17, 15) is 14.4 Å². The molecule has 1 saturated heterocycles. The summed E-state index contributed by atoms with van der Waals surface area (Å²) in [5, 5.41) is 4.60. The lowest BCUT2D eigenvalue weighted by molar-refractivity contribution is -0.138. The topological polar surface area (TPSA) is 110 Å². The average Bonchev–Trinajstić information content (AvgIpc) is 3.05. The molecule has 0 aliphatic carbocycles. The van der Waals surface area contributed by atoms with E-state index in [4.69, 9.17) is 33.5 Å². The Morgan fingerprint density at radius 1 is 1.23 bits per heavy atom. The van der Waals surface area contributed by atoms with Crippen LogP contribution in [0.4, 0.5) is 0 Å². The van der Waals surface area contributed by atoms with Crippen molar-refractivity contribution in [3.05, 3.63) is 40.0 Å². The lowest BCUT2D eigenvalue weighted by Gasteiger charge is -2.33. The van der Waals surface area contributed by atoms with Crippen LogP contribution in [0.15, 0.2) is 28.8 Å². The third-order valence-electron chi connectivity index (χ3n) is 3.88. The Labute approximate surface area is 158 Å². The van der Waals surface area contributed by atoms with Crippen LogP contribution in [0.1, 0.15) is 10.5 Å². The summed E-state index contributed by atoms with van der Waals surface area (Å²) in [7, 11) is 0. The van der Waals surface area contributed by atoms with Crippen molar-refractivity contribution in [3.63, 3.8) is 0 Å². The van der Waals surface area contributed by atoms with Crippen molar-refractivity contribution in [2.75, 3.05) is 26.2 Å². The summed E-state index contributed by atoms with van der Waals surface area (Å²) >= 11 is 12.0. The van der Waals surface area contributed by atoms with E-state index in [1.165, 1.54) is 15.9 Å². The molecule has 1 aliphatic rings. The fourth-order valence-electron chi connectivity index (χ4n) is 2.59. The Bertz CT molecular complexity index is 883. The van der Waals surface area contributed by atoms with Crippen LogP contribution in [0.5, 0.6) is 0 Å². The van der Waals surface area contributed by atoms with Gasteiger partial charge < -0.3 is 20.1 Å². The van der Waals surface area contributed by atoms with Crippen LogP contribution in [0.2, 0.25) is 10.0 Å². The number of benzene rings is 1. The standard InChI is InChI=1S/C16H14Cl2N4O4/c17-9-1-2-10(11(18)5-9)13-6-12(20-26-13)16(25)22-4-3-21(7-14(19)23)15(24)8-22/h1-2,5-6H,3-4,7-8H2,(H2,19,23). The lowest BCUT2D eigenvalue weighted by Crippen LogP contribution is -2.54. The van der Waals surface area contributed by atoms with Crippen molar-refractivity contribution in [2.45, 2.75) is 0 Å². The van der Waals surface area contributed by atoms with Crippen LogP contribution in [-0.2, 0) is 9.59 Å². The molecule has 0 spiro atoms. The van der Waals surface area contributed by atoms with E-state index in [0.717, 1.165) is 0 Å². The smallest absolute Gasteiger partial charge is 0.276 e. The zero-order valence-corrected chi connectivity index (χ0v) is 15.0. The second-order valence-electron chi connectivity index (χ2n) is 5.71. The third kappa shape index (κ3) is 3.81. The van der Waals surface area contributed by atoms with Crippen LogP contribution in [0, 0.1) is 0 Å². The predicted molar refractivity (Wildman–Crippen MR) is 93.6 cm³/mol. The molecule has 8 nitrogen and oxygen atoms in total. The minimum absolute atomic E-state index is 0.0576. The molecule has 1 aliphatic heterocycles. The van der Waals surface area contributed by atoms with Gasteiger partial charge in [-0.2, -0.15) is 0 Å². The van der Waals surface area contributed by atoms with E-state index in [2.05, 4.69) is 5.16 Å². The molecule has 1 aromatic heterocycles. The van der Waals surface area contributed by atoms with Gasteiger partial charge in [-0.15, -0.1) is 0 Å². The van der Waals surface area contributed by atoms with Gasteiger partial charge in [0.25, 0.3) is 5.91 Å². The molecule has 1 aromatic carbocycles. The first kappa shape index (κ1) is 18.2. The molecule has 10 heteroatoms. The molecule has 2 N–H and O–H groups in total. The lowest BCUT2D eigenvalue weighted by atomic mass is 10.1. The van der Waals surface area contributed by atoms with Gasteiger partial charge in [-0.25, -0.2) is 0 Å². The summed E-state index contributed by atoms with van der Waals surface area (Å²) in [5.41, 5.74) is 5.70. The fraction of sp³-hybridized carbons (Fsp3) is 0.250. The summed E-state index contributed by atoms with van der Waals surface area (Å²) in [6.07, 6.45) is 0. The van der Waals surface area contributed by atoms with Crippen molar-refractivity contribution < 1.29 is 18.9 Å². The number of nitrogens with two attached hydrogens (primary N) is 1. The molecule has 2 aromatic rings. The number of hydrogen-bond donors (Lipinski definition) is 1. The van der Waals surface area contributed by atoms with Gasteiger partial charge in [0, 0.05) is 29.7 Å². The molecule has 0 bridgehead atoms. The van der Waals surface area contributed by atoms with Gasteiger partial charge in [-0.05, 0) is 18.2 Å². The summed E-state index contributed by atoms with van der Waals surface area (Å²) in [4.78, 5) is 38.2. The number of halogens is 2. The first-order valence-electron chi connectivity index (χ1n) is 7.62. The fourth-order valence-corrected chi connectivity index (χ4v) is 3.09. The molecule has 0 radical (unpaired) electrons. The van der Waals surface area contributed by atoms with E-state index in [-0.39, 0.29) is 37.8 Å². The molecule has 2 heterocycles. The molecule has 1 fully saturated rings. The summed E-state index contributed by atoms with van der Waals surface area (Å²) in [5.74, 6) is -1.09. The Kier molecular flexibility index (Phi) is 5.15. The number of carbonyl (C=O) groups is 3. The van der Waals surface area contributed by atoms with Crippen LogP contribution in [-0.4, -0.2) is 58.9 Å². The highest BCUT2D eigenvalue weighted by Gasteiger charge is 2.30. The van der Waals surface area contributed by atoms with Crippen molar-refractivity contribution in [1.29, 1.82) is 0 Å². The van der Waals surface area contributed by atoms with E-state index in [1.807, 2.05) is 0 Å². The number of hydrogen-bond acceptors (Lipinski definition) is 5. The number of rotatable bonds is 4. The van der Waals surface area contributed by atoms with Crippen molar-refractivity contribution in [2.24, 2.45) is 5.73 Å². The molecule has 26 heavy (non-hydrogen) atoms. The quantitative estimate of drug-likeness (QED) is 0.839. The second-order valence-corrected chi connectivity index (χ2v) is 6.55. The zero-order valence-electron chi connectivity index (χ0n) is 13.4. The first-order chi connectivity index (χ1) is 12.3. The second kappa shape index (κ2) is 7.35. The molecular formula is C16H14Cl2N4O4. The van der Waals surface area contributed by atoms with Crippen molar-refractivity contribution in [3.8, 4) is 11.3 Å². The largest absolute Gasteiger partial charge is 0.368 e. The molecule has 3 amide bonds. The summed E-state index contributed by atoms with van der Waals surface area (Å²) in [6, 6.07) is 6.31. The van der Waals surface area contributed by atoms with E-state index < -0.39 is 11.8 Å². The highest BCUT2D eigenvalue weighted by Crippen LogP contribution is 2.30. The Balaban J connectivity index is 1.73. The van der Waals surface area contributed by atoms with Gasteiger partial charge in [0.1, 0.15) is 6.54 Å². The summed E-state index contributed by atoms with van der Waals surface area (Å²) < 4.78 is 5.20. The SMILES string of the molecule is NC(=O)CN1CCN(C(=O)c2cc(-c3ccc(Cl)cc3Cl)on2)CC1=O. The van der Waals surface area contributed by atoms with Gasteiger partial charge in [-0.3, -0.25) is 14.4 Å². The molecule has 0 atom stereocenters. The Morgan fingerprint density at radius 2 is 2.00 bits per heavy atom. The number of amides is 3. The molecule has 0 saturated carbocycles.